The van der Waals surface area contributed by atoms with Crippen LogP contribution in [0.3, 0.4) is 0 Å². The van der Waals surface area contributed by atoms with Crippen molar-refractivity contribution in [3.05, 3.63) is 48.1 Å². The third-order valence-corrected chi connectivity index (χ3v) is 3.56. The number of hydrogen-bond acceptors (Lipinski definition) is 2. The number of carbonyl (C=O) groups excluding carboxylic acids is 1. The molecule has 2 N–H and O–H groups in total. The second-order valence-electron chi connectivity index (χ2n) is 4.42. The van der Waals surface area contributed by atoms with Gasteiger partial charge in [-0.25, -0.2) is 0 Å². The van der Waals surface area contributed by atoms with Gasteiger partial charge in [-0.1, -0.05) is 36.4 Å². The lowest BCUT2D eigenvalue weighted by Crippen LogP contribution is -2.40. The molecule has 7 heteroatoms. The fraction of sp³-hybridized carbons (Fsp3) is 0.214. The molecule has 1 unspecified atom stereocenters. The number of nitrogens with two attached hydrogens (primary N) is 1. The van der Waals surface area contributed by atoms with E-state index in [-0.39, 0.29) is 17.6 Å². The molecule has 0 saturated carbocycles. The minimum atomic E-state index is -4.84. The van der Waals surface area contributed by atoms with Crippen molar-refractivity contribution >= 4 is 23.1 Å². The van der Waals surface area contributed by atoms with E-state index in [4.69, 9.17) is 17.3 Å². The quantitative estimate of drug-likeness (QED) is 0.869. The molecule has 0 spiro atoms. The van der Waals surface area contributed by atoms with Crippen molar-refractivity contribution in [3.8, 4) is 5.75 Å². The number of carbonyl (C=O) groups is 1. The molecular weight excluding hydrogens is 307 g/mol. The van der Waals surface area contributed by atoms with Crippen LogP contribution in [-0.4, -0.2) is 17.1 Å². The first-order chi connectivity index (χ1) is 9.74. The fourth-order valence-corrected chi connectivity index (χ4v) is 2.33. The zero-order valence-electron chi connectivity index (χ0n) is 10.7. The number of amides is 1. The van der Waals surface area contributed by atoms with Crippen LogP contribution in [0.2, 0.25) is 0 Å². The number of alkyl halides is 4. The van der Waals surface area contributed by atoms with Crippen LogP contribution < -0.4 is 10.5 Å². The molecule has 0 heterocycles. The Hall–Kier alpha value is -1.95. The number of para-hydroxylation sites is 1. The van der Waals surface area contributed by atoms with Gasteiger partial charge in [-0.2, -0.15) is 0 Å². The molecule has 0 saturated heterocycles. The summed E-state index contributed by atoms with van der Waals surface area (Å²) < 4.78 is 41.4. The topological polar surface area (TPSA) is 52.3 Å². The van der Waals surface area contributed by atoms with Crippen molar-refractivity contribution in [1.82, 2.24) is 0 Å². The number of rotatable bonds is 3. The van der Waals surface area contributed by atoms with Gasteiger partial charge in [0.1, 0.15) is 5.75 Å². The van der Waals surface area contributed by atoms with Crippen LogP contribution in [-0.2, 0) is 4.79 Å². The predicted octanol–water partition coefficient (Wildman–Crippen LogP) is 3.39. The predicted molar refractivity (Wildman–Crippen MR) is 72.6 cm³/mol. The summed E-state index contributed by atoms with van der Waals surface area (Å²) in [5.74, 6) is -1.26. The van der Waals surface area contributed by atoms with E-state index in [1.54, 1.807) is 12.2 Å². The largest absolute Gasteiger partial charge is 0.573 e. The average molecular weight is 318 g/mol. The SMILES string of the molecule is NC(=O)C1(Cl)CC=CC=C1c1ccccc1OC(F)(F)F. The standard InChI is InChI=1S/C14H11ClF3NO2/c15-13(12(19)20)8-4-3-6-10(13)9-5-1-2-7-11(9)21-14(16,17)18/h1-7H,8H2,(H2,19,20). The van der Waals surface area contributed by atoms with Gasteiger partial charge in [-0.05, 0) is 18.1 Å². The third-order valence-electron chi connectivity index (χ3n) is 3.02. The van der Waals surface area contributed by atoms with Crippen molar-refractivity contribution in [2.45, 2.75) is 17.7 Å². The zero-order chi connectivity index (χ0) is 15.7. The molecule has 112 valence electrons. The van der Waals surface area contributed by atoms with Gasteiger partial charge >= 0.3 is 6.36 Å². The molecule has 0 aliphatic heterocycles. The summed E-state index contributed by atoms with van der Waals surface area (Å²) in [6.45, 7) is 0. The Kier molecular flexibility index (Phi) is 4.00. The summed E-state index contributed by atoms with van der Waals surface area (Å²) in [4.78, 5) is 10.0. The first-order valence-corrected chi connectivity index (χ1v) is 6.33. The molecule has 1 aromatic carbocycles. The van der Waals surface area contributed by atoms with E-state index >= 15 is 0 Å². The fourth-order valence-electron chi connectivity index (χ4n) is 2.08. The van der Waals surface area contributed by atoms with Crippen molar-refractivity contribution in [2.75, 3.05) is 0 Å². The maximum atomic E-state index is 12.5. The van der Waals surface area contributed by atoms with E-state index in [0.717, 1.165) is 6.07 Å². The smallest absolute Gasteiger partial charge is 0.405 e. The molecular formula is C14H11ClF3NO2. The molecule has 2 rings (SSSR count). The summed E-state index contributed by atoms with van der Waals surface area (Å²) >= 11 is 6.22. The van der Waals surface area contributed by atoms with E-state index in [1.165, 1.54) is 24.3 Å². The van der Waals surface area contributed by atoms with Crippen molar-refractivity contribution in [1.29, 1.82) is 0 Å². The molecule has 1 atom stereocenters. The Bertz CT molecular complexity index is 625. The molecule has 0 aromatic heterocycles. The molecule has 0 fully saturated rings. The molecule has 1 aliphatic rings. The summed E-state index contributed by atoms with van der Waals surface area (Å²) in [6.07, 6.45) is -0.0729. The van der Waals surface area contributed by atoms with E-state index in [1.807, 2.05) is 0 Å². The molecule has 1 aliphatic carbocycles. The summed E-state index contributed by atoms with van der Waals surface area (Å²) in [6, 6.07) is 5.46. The van der Waals surface area contributed by atoms with Crippen LogP contribution >= 0.6 is 11.6 Å². The first kappa shape index (κ1) is 15.4. The monoisotopic (exact) mass is 317 g/mol. The van der Waals surface area contributed by atoms with E-state index < -0.39 is 22.9 Å². The summed E-state index contributed by atoms with van der Waals surface area (Å²) in [7, 11) is 0. The van der Waals surface area contributed by atoms with Crippen LogP contribution in [0.1, 0.15) is 12.0 Å². The van der Waals surface area contributed by atoms with E-state index in [0.29, 0.717) is 0 Å². The minimum absolute atomic E-state index is 0.0768. The number of ether oxygens (including phenoxy) is 1. The van der Waals surface area contributed by atoms with Gasteiger partial charge in [0, 0.05) is 5.56 Å². The Morgan fingerprint density at radius 3 is 2.62 bits per heavy atom. The molecule has 0 bridgehead atoms. The van der Waals surface area contributed by atoms with Gasteiger partial charge in [0.05, 0.1) is 0 Å². The first-order valence-electron chi connectivity index (χ1n) is 5.95. The number of primary amides is 1. The second-order valence-corrected chi connectivity index (χ2v) is 5.07. The maximum absolute atomic E-state index is 12.5. The Morgan fingerprint density at radius 1 is 1.33 bits per heavy atom. The normalized spacial score (nSPS) is 21.8. The van der Waals surface area contributed by atoms with Crippen LogP contribution in [0.4, 0.5) is 13.2 Å². The molecule has 0 radical (unpaired) electrons. The van der Waals surface area contributed by atoms with E-state index in [9.17, 15) is 18.0 Å². The highest BCUT2D eigenvalue weighted by molar-refractivity contribution is 6.41. The van der Waals surface area contributed by atoms with Gasteiger partial charge in [0.2, 0.25) is 5.91 Å². The highest BCUT2D eigenvalue weighted by Crippen LogP contribution is 2.43. The second kappa shape index (κ2) is 5.44. The lowest BCUT2D eigenvalue weighted by atomic mass is 9.85. The van der Waals surface area contributed by atoms with Crippen LogP contribution in [0.25, 0.3) is 5.57 Å². The third kappa shape index (κ3) is 3.21. The summed E-state index contributed by atoms with van der Waals surface area (Å²) in [5, 5.41) is 0. The maximum Gasteiger partial charge on any atom is 0.573 e. The van der Waals surface area contributed by atoms with E-state index in [2.05, 4.69) is 4.74 Å². The highest BCUT2D eigenvalue weighted by Gasteiger charge is 2.41. The van der Waals surface area contributed by atoms with Gasteiger partial charge in [-0.15, -0.1) is 24.8 Å². The van der Waals surface area contributed by atoms with Gasteiger partial charge in [0.25, 0.3) is 0 Å². The molecule has 1 aromatic rings. The molecule has 3 nitrogen and oxygen atoms in total. The van der Waals surface area contributed by atoms with Gasteiger partial charge in [-0.3, -0.25) is 4.79 Å². The van der Waals surface area contributed by atoms with Crippen molar-refractivity contribution in [2.24, 2.45) is 5.73 Å². The minimum Gasteiger partial charge on any atom is -0.405 e. The van der Waals surface area contributed by atoms with Crippen molar-refractivity contribution in [3.63, 3.8) is 0 Å². The van der Waals surface area contributed by atoms with Crippen molar-refractivity contribution < 1.29 is 22.7 Å². The number of halogens is 4. The highest BCUT2D eigenvalue weighted by atomic mass is 35.5. The molecule has 21 heavy (non-hydrogen) atoms. The lowest BCUT2D eigenvalue weighted by Gasteiger charge is -2.29. The average Bonchev–Trinajstić information content (AvgIpc) is 2.38. The number of benzene rings is 1. The Labute approximate surface area is 123 Å². The lowest BCUT2D eigenvalue weighted by molar-refractivity contribution is -0.274. The van der Waals surface area contributed by atoms with Crippen LogP contribution in [0.15, 0.2) is 42.5 Å². The van der Waals surface area contributed by atoms with Crippen LogP contribution in [0.5, 0.6) is 5.75 Å². The molecule has 1 amide bonds. The van der Waals surface area contributed by atoms with Gasteiger partial charge in [0.15, 0.2) is 4.87 Å². The zero-order valence-corrected chi connectivity index (χ0v) is 11.4. The Balaban J connectivity index is 2.53. The van der Waals surface area contributed by atoms with Crippen LogP contribution in [0, 0.1) is 0 Å². The van der Waals surface area contributed by atoms with Gasteiger partial charge < -0.3 is 10.5 Å². The number of hydrogen-bond donors (Lipinski definition) is 1. The summed E-state index contributed by atoms with van der Waals surface area (Å²) in [5.41, 5.74) is 5.55. The Morgan fingerprint density at radius 2 is 2.00 bits per heavy atom. The number of allylic oxidation sites excluding steroid dienone is 3.